The van der Waals surface area contributed by atoms with E-state index in [2.05, 4.69) is 5.32 Å². The average molecular weight is 160 g/mol. The summed E-state index contributed by atoms with van der Waals surface area (Å²) in [7, 11) is 3.30. The van der Waals surface area contributed by atoms with Crippen molar-refractivity contribution in [2.45, 2.75) is 18.9 Å². The summed E-state index contributed by atoms with van der Waals surface area (Å²) in [6.45, 7) is 2.29. The topological polar surface area (TPSA) is 64.3 Å². The van der Waals surface area contributed by atoms with Crippen molar-refractivity contribution in [3.8, 4) is 0 Å². The highest BCUT2D eigenvalue weighted by Crippen LogP contribution is 2.07. The molecule has 4 heteroatoms. The van der Waals surface area contributed by atoms with Crippen LogP contribution in [-0.2, 0) is 9.53 Å². The molecule has 11 heavy (non-hydrogen) atoms. The molecular weight excluding hydrogens is 144 g/mol. The molecule has 66 valence electrons. The van der Waals surface area contributed by atoms with Gasteiger partial charge in [0.25, 0.3) is 0 Å². The Bertz CT molecular complexity index is 138. The first-order chi connectivity index (χ1) is 5.06. The normalized spacial score (nSPS) is 15.9. The lowest BCUT2D eigenvalue weighted by molar-refractivity contribution is -0.124. The second-order valence-electron chi connectivity index (χ2n) is 2.69. The van der Waals surface area contributed by atoms with E-state index in [4.69, 9.17) is 10.5 Å². The molecule has 0 aliphatic heterocycles. The minimum absolute atomic E-state index is 0.350. The van der Waals surface area contributed by atoms with Crippen LogP contribution in [0.5, 0.6) is 0 Å². The highest BCUT2D eigenvalue weighted by atomic mass is 16.5. The fourth-order valence-corrected chi connectivity index (χ4v) is 0.678. The van der Waals surface area contributed by atoms with Crippen LogP contribution >= 0.6 is 0 Å². The Balaban J connectivity index is 3.99. The molecule has 0 aromatic carbocycles. The van der Waals surface area contributed by atoms with Crippen molar-refractivity contribution in [2.24, 2.45) is 5.73 Å². The monoisotopic (exact) mass is 160 g/mol. The Morgan fingerprint density at radius 2 is 2.27 bits per heavy atom. The summed E-state index contributed by atoms with van der Waals surface area (Å²) in [4.78, 5) is 10.9. The number of nitrogens with one attached hydrogen (secondary N) is 1. The van der Waals surface area contributed by atoms with E-state index in [1.165, 1.54) is 0 Å². The number of amides is 1. The van der Waals surface area contributed by atoms with E-state index in [1.807, 2.05) is 0 Å². The molecule has 0 rings (SSSR count). The number of ether oxygens (including phenoxy) is 1. The van der Waals surface area contributed by atoms with E-state index >= 15 is 0 Å². The summed E-state index contributed by atoms with van der Waals surface area (Å²) in [5, 5.41) is 2.86. The van der Waals surface area contributed by atoms with Crippen molar-refractivity contribution >= 4 is 5.91 Å². The van der Waals surface area contributed by atoms with Gasteiger partial charge in [0, 0.05) is 13.7 Å². The van der Waals surface area contributed by atoms with Crippen LogP contribution < -0.4 is 11.1 Å². The van der Waals surface area contributed by atoms with Gasteiger partial charge in [-0.2, -0.15) is 0 Å². The van der Waals surface area contributed by atoms with Gasteiger partial charge in [-0.1, -0.05) is 0 Å². The fraction of sp³-hybridized carbons (Fsp3) is 0.857. The van der Waals surface area contributed by atoms with Crippen LogP contribution in [-0.4, -0.2) is 32.2 Å². The maximum atomic E-state index is 10.9. The summed E-state index contributed by atoms with van der Waals surface area (Å²) in [6.07, 6.45) is 0.593. The van der Waals surface area contributed by atoms with E-state index < -0.39 is 5.54 Å². The van der Waals surface area contributed by atoms with Crippen LogP contribution in [0.15, 0.2) is 0 Å². The largest absolute Gasteiger partial charge is 0.385 e. The molecule has 0 aromatic rings. The first-order valence-electron chi connectivity index (χ1n) is 3.54. The number of carbonyl (C=O) groups is 1. The third kappa shape index (κ3) is 2.86. The summed E-state index contributed by atoms with van der Waals surface area (Å²) in [5.74, 6) is -0.350. The fourth-order valence-electron chi connectivity index (χ4n) is 0.678. The first-order valence-corrected chi connectivity index (χ1v) is 3.54. The maximum absolute atomic E-state index is 10.9. The van der Waals surface area contributed by atoms with Gasteiger partial charge in [0.15, 0.2) is 0 Å². The van der Waals surface area contributed by atoms with E-state index in [1.54, 1.807) is 21.1 Å². The lowest BCUT2D eigenvalue weighted by Crippen LogP contribution is -2.52. The zero-order valence-electron chi connectivity index (χ0n) is 7.31. The average Bonchev–Trinajstić information content (AvgIpc) is 2.00. The Kier molecular flexibility index (Phi) is 4.07. The summed E-state index contributed by atoms with van der Waals surface area (Å²) < 4.78 is 4.84. The molecule has 3 N–H and O–H groups in total. The predicted octanol–water partition coefficient (Wildman–Crippen LogP) is -0.514. The van der Waals surface area contributed by atoms with Crippen LogP contribution in [0, 0.1) is 0 Å². The molecule has 4 nitrogen and oxygen atoms in total. The zero-order chi connectivity index (χ0) is 8.91. The molecule has 0 saturated carbocycles. The molecule has 0 spiro atoms. The highest BCUT2D eigenvalue weighted by molar-refractivity contribution is 5.84. The summed E-state index contributed by atoms with van der Waals surface area (Å²) in [5.41, 5.74) is 4.52. The van der Waals surface area contributed by atoms with Gasteiger partial charge in [-0.3, -0.25) is 4.79 Å². The van der Waals surface area contributed by atoms with Gasteiger partial charge in [-0.05, 0) is 20.4 Å². The van der Waals surface area contributed by atoms with Crippen molar-refractivity contribution in [1.82, 2.24) is 5.32 Å². The molecule has 0 bridgehead atoms. The second kappa shape index (κ2) is 4.31. The van der Waals surface area contributed by atoms with Crippen molar-refractivity contribution in [2.75, 3.05) is 20.8 Å². The second-order valence-corrected chi connectivity index (χ2v) is 2.69. The third-order valence-electron chi connectivity index (χ3n) is 1.90. The minimum Gasteiger partial charge on any atom is -0.385 e. The van der Waals surface area contributed by atoms with Crippen molar-refractivity contribution in [3.05, 3.63) is 0 Å². The van der Waals surface area contributed by atoms with Gasteiger partial charge in [-0.25, -0.2) is 0 Å². The number of hydrogen-bond acceptors (Lipinski definition) is 3. The first kappa shape index (κ1) is 10.4. The smallest absolute Gasteiger partial charge is 0.237 e. The standard InChI is InChI=1S/C7H16N2O2/c1-7(9-2,6(8)10)4-5-11-3/h9H,4-5H2,1-3H3,(H2,8,10). The lowest BCUT2D eigenvalue weighted by atomic mass is 9.98. The molecule has 0 aliphatic rings. The molecule has 0 fully saturated rings. The molecule has 1 amide bonds. The van der Waals surface area contributed by atoms with Gasteiger partial charge < -0.3 is 15.8 Å². The SMILES string of the molecule is CNC(C)(CCOC)C(N)=O. The molecule has 0 saturated heterocycles. The Hall–Kier alpha value is -0.610. The van der Waals surface area contributed by atoms with Crippen LogP contribution in [0.4, 0.5) is 0 Å². The van der Waals surface area contributed by atoms with Gasteiger partial charge in [-0.15, -0.1) is 0 Å². The van der Waals surface area contributed by atoms with Crippen molar-refractivity contribution < 1.29 is 9.53 Å². The van der Waals surface area contributed by atoms with Gasteiger partial charge >= 0.3 is 0 Å². The van der Waals surface area contributed by atoms with E-state index in [9.17, 15) is 4.79 Å². The molecular formula is C7H16N2O2. The van der Waals surface area contributed by atoms with Crippen molar-refractivity contribution in [3.63, 3.8) is 0 Å². The maximum Gasteiger partial charge on any atom is 0.237 e. The molecule has 1 atom stereocenters. The minimum atomic E-state index is -0.643. The van der Waals surface area contributed by atoms with Gasteiger partial charge in [0.1, 0.15) is 0 Å². The lowest BCUT2D eigenvalue weighted by Gasteiger charge is -2.24. The molecule has 0 radical (unpaired) electrons. The van der Waals surface area contributed by atoms with Gasteiger partial charge in [0.2, 0.25) is 5.91 Å². The van der Waals surface area contributed by atoms with Crippen LogP contribution in [0.2, 0.25) is 0 Å². The molecule has 0 aromatic heterocycles. The molecule has 0 aliphatic carbocycles. The predicted molar refractivity (Wildman–Crippen MR) is 43.2 cm³/mol. The number of rotatable bonds is 5. The van der Waals surface area contributed by atoms with E-state index in [-0.39, 0.29) is 5.91 Å². The van der Waals surface area contributed by atoms with Crippen LogP contribution in [0.3, 0.4) is 0 Å². The zero-order valence-corrected chi connectivity index (χ0v) is 7.31. The summed E-state index contributed by atoms with van der Waals surface area (Å²) in [6, 6.07) is 0. The number of primary amides is 1. The third-order valence-corrected chi connectivity index (χ3v) is 1.90. The van der Waals surface area contributed by atoms with Gasteiger partial charge in [0.05, 0.1) is 5.54 Å². The Morgan fingerprint density at radius 3 is 2.55 bits per heavy atom. The molecule has 1 unspecified atom stereocenters. The van der Waals surface area contributed by atoms with E-state index in [0.29, 0.717) is 13.0 Å². The number of likely N-dealkylation sites (N-methyl/N-ethyl adjacent to an activating group) is 1. The number of hydrogen-bond donors (Lipinski definition) is 2. The summed E-state index contributed by atoms with van der Waals surface area (Å²) >= 11 is 0. The highest BCUT2D eigenvalue weighted by Gasteiger charge is 2.27. The Morgan fingerprint density at radius 1 is 1.73 bits per heavy atom. The molecule has 0 heterocycles. The van der Waals surface area contributed by atoms with Crippen LogP contribution in [0.25, 0.3) is 0 Å². The number of carbonyl (C=O) groups excluding carboxylic acids is 1. The van der Waals surface area contributed by atoms with E-state index in [0.717, 1.165) is 0 Å². The Labute approximate surface area is 67.1 Å². The van der Waals surface area contributed by atoms with Crippen molar-refractivity contribution in [1.29, 1.82) is 0 Å². The number of nitrogens with two attached hydrogens (primary N) is 1. The van der Waals surface area contributed by atoms with Crippen LogP contribution in [0.1, 0.15) is 13.3 Å². The quantitative estimate of drug-likeness (QED) is 0.569. The number of methoxy groups -OCH3 is 1.